The number of pyridine rings is 1. The summed E-state index contributed by atoms with van der Waals surface area (Å²) in [4.78, 5) is 18.7. The third kappa shape index (κ3) is 2.92. The number of aromatic amines is 1. The predicted molar refractivity (Wildman–Crippen MR) is 85.2 cm³/mol. The Morgan fingerprint density at radius 1 is 1.38 bits per heavy atom. The molecule has 0 unspecified atom stereocenters. The van der Waals surface area contributed by atoms with Crippen LogP contribution in [-0.2, 0) is 16.1 Å². The molecule has 0 aromatic carbocycles. The van der Waals surface area contributed by atoms with Gasteiger partial charge in [-0.3, -0.25) is 14.9 Å². The summed E-state index contributed by atoms with van der Waals surface area (Å²) in [5.41, 5.74) is 1.53. The van der Waals surface area contributed by atoms with Crippen molar-refractivity contribution < 1.29 is 14.3 Å². The van der Waals surface area contributed by atoms with Crippen LogP contribution in [0.15, 0.2) is 36.8 Å². The van der Waals surface area contributed by atoms with Gasteiger partial charge in [-0.1, -0.05) is 6.07 Å². The fourth-order valence-electron chi connectivity index (χ4n) is 3.57. The van der Waals surface area contributed by atoms with Crippen molar-refractivity contribution in [1.29, 1.82) is 0 Å². The van der Waals surface area contributed by atoms with Crippen LogP contribution in [0.2, 0.25) is 0 Å². The number of ether oxygens (including phenoxy) is 2. The van der Waals surface area contributed by atoms with E-state index in [0.717, 1.165) is 18.4 Å². The van der Waals surface area contributed by atoms with Crippen LogP contribution in [0.25, 0.3) is 0 Å². The normalized spacial score (nSPS) is 26.3. The molecule has 2 bridgehead atoms. The molecule has 7 nitrogen and oxygen atoms in total. The van der Waals surface area contributed by atoms with Gasteiger partial charge in [0.1, 0.15) is 11.8 Å². The highest BCUT2D eigenvalue weighted by molar-refractivity contribution is 5.92. The Kier molecular flexibility index (Phi) is 4.27. The summed E-state index contributed by atoms with van der Waals surface area (Å²) in [7, 11) is 0. The maximum Gasteiger partial charge on any atom is 0.272 e. The van der Waals surface area contributed by atoms with Crippen LogP contribution in [0.5, 0.6) is 0 Å². The highest BCUT2D eigenvalue weighted by atomic mass is 16.5. The summed E-state index contributed by atoms with van der Waals surface area (Å²) in [5.74, 6) is -0.0429. The van der Waals surface area contributed by atoms with Gasteiger partial charge in [0.25, 0.3) is 5.91 Å². The zero-order valence-corrected chi connectivity index (χ0v) is 13.3. The molecule has 3 heterocycles. The SMILES string of the molecule is O=C(c1ccn[nH]1)N1CCO[C@H]2CC[C@H]1[C@H]2OCc1cccnc1. The number of fused-ring (bicyclic) bond motifs is 2. The lowest BCUT2D eigenvalue weighted by atomic mass is 10.1. The molecule has 0 radical (unpaired) electrons. The van der Waals surface area contributed by atoms with Gasteiger partial charge < -0.3 is 14.4 Å². The van der Waals surface area contributed by atoms with E-state index in [1.165, 1.54) is 0 Å². The number of amides is 1. The van der Waals surface area contributed by atoms with Gasteiger partial charge in [0.05, 0.1) is 25.4 Å². The van der Waals surface area contributed by atoms with Gasteiger partial charge in [0.2, 0.25) is 0 Å². The monoisotopic (exact) mass is 328 g/mol. The zero-order valence-electron chi connectivity index (χ0n) is 13.3. The summed E-state index contributed by atoms with van der Waals surface area (Å²) >= 11 is 0. The Balaban J connectivity index is 1.50. The van der Waals surface area contributed by atoms with Crippen LogP contribution >= 0.6 is 0 Å². The van der Waals surface area contributed by atoms with Crippen molar-refractivity contribution in [3.05, 3.63) is 48.0 Å². The van der Waals surface area contributed by atoms with Gasteiger partial charge >= 0.3 is 0 Å². The lowest BCUT2D eigenvalue weighted by Gasteiger charge is -2.31. The molecule has 1 aliphatic heterocycles. The van der Waals surface area contributed by atoms with Crippen LogP contribution < -0.4 is 0 Å². The molecule has 4 rings (SSSR count). The lowest BCUT2D eigenvalue weighted by molar-refractivity contribution is -0.0598. The minimum Gasteiger partial charge on any atom is -0.374 e. The molecule has 24 heavy (non-hydrogen) atoms. The Morgan fingerprint density at radius 3 is 3.12 bits per heavy atom. The fourth-order valence-corrected chi connectivity index (χ4v) is 3.57. The molecule has 1 saturated heterocycles. The molecule has 2 aromatic heterocycles. The number of aromatic nitrogens is 3. The Hall–Kier alpha value is -2.25. The minimum atomic E-state index is -0.112. The second kappa shape index (κ2) is 6.70. The number of hydrogen-bond acceptors (Lipinski definition) is 5. The summed E-state index contributed by atoms with van der Waals surface area (Å²) < 4.78 is 12.1. The van der Waals surface area contributed by atoms with E-state index < -0.39 is 0 Å². The summed E-state index contributed by atoms with van der Waals surface area (Å²) in [6.07, 6.45) is 6.87. The summed E-state index contributed by atoms with van der Waals surface area (Å²) in [6, 6.07) is 5.61. The molecule has 1 saturated carbocycles. The average molecular weight is 328 g/mol. The van der Waals surface area contributed by atoms with E-state index in [4.69, 9.17) is 9.47 Å². The number of rotatable bonds is 4. The van der Waals surface area contributed by atoms with E-state index in [1.54, 1.807) is 24.7 Å². The summed E-state index contributed by atoms with van der Waals surface area (Å²) in [6.45, 7) is 1.58. The molecule has 1 amide bonds. The maximum atomic E-state index is 12.8. The van der Waals surface area contributed by atoms with Gasteiger partial charge in [-0.15, -0.1) is 0 Å². The first kappa shape index (κ1) is 15.3. The van der Waals surface area contributed by atoms with E-state index in [1.807, 2.05) is 17.0 Å². The van der Waals surface area contributed by atoms with E-state index in [-0.39, 0.29) is 24.2 Å². The van der Waals surface area contributed by atoms with E-state index in [9.17, 15) is 4.79 Å². The topological polar surface area (TPSA) is 80.3 Å². The van der Waals surface area contributed by atoms with Crippen LogP contribution in [0.1, 0.15) is 28.9 Å². The van der Waals surface area contributed by atoms with E-state index >= 15 is 0 Å². The number of nitrogens with one attached hydrogen (secondary N) is 1. The third-order valence-electron chi connectivity index (χ3n) is 4.71. The molecule has 1 N–H and O–H groups in total. The van der Waals surface area contributed by atoms with Crippen molar-refractivity contribution in [3.8, 4) is 0 Å². The van der Waals surface area contributed by atoms with Crippen molar-refractivity contribution in [3.63, 3.8) is 0 Å². The standard InChI is InChI=1S/C17H20N4O3/c22-17(13-5-7-19-20-13)21-8-9-23-15-4-3-14(21)16(15)24-11-12-2-1-6-18-10-12/h1-2,5-7,10,14-16H,3-4,8-9,11H2,(H,19,20)/t14-,15-,16+/m0/s1. The van der Waals surface area contributed by atoms with Gasteiger partial charge in [0, 0.05) is 25.1 Å². The lowest BCUT2D eigenvalue weighted by Crippen LogP contribution is -2.46. The van der Waals surface area contributed by atoms with Crippen LogP contribution in [0.4, 0.5) is 0 Å². The molecule has 1 aliphatic carbocycles. The second-order valence-corrected chi connectivity index (χ2v) is 6.16. The molecular weight excluding hydrogens is 308 g/mol. The van der Waals surface area contributed by atoms with Crippen molar-refractivity contribution in [2.75, 3.05) is 13.2 Å². The first-order chi connectivity index (χ1) is 11.8. The first-order valence-corrected chi connectivity index (χ1v) is 8.25. The Morgan fingerprint density at radius 2 is 2.33 bits per heavy atom. The van der Waals surface area contributed by atoms with Crippen LogP contribution in [0, 0.1) is 0 Å². The number of nitrogens with zero attached hydrogens (tertiary/aromatic N) is 3. The molecule has 126 valence electrons. The average Bonchev–Trinajstić information content (AvgIpc) is 3.22. The van der Waals surface area contributed by atoms with Crippen molar-refractivity contribution in [2.45, 2.75) is 37.7 Å². The highest BCUT2D eigenvalue weighted by Gasteiger charge is 2.45. The zero-order chi connectivity index (χ0) is 16.4. The van der Waals surface area contributed by atoms with Crippen molar-refractivity contribution in [1.82, 2.24) is 20.1 Å². The fraction of sp³-hybridized carbons (Fsp3) is 0.471. The van der Waals surface area contributed by atoms with Gasteiger partial charge in [-0.05, 0) is 30.5 Å². The first-order valence-electron chi connectivity index (χ1n) is 8.25. The van der Waals surface area contributed by atoms with Gasteiger partial charge in [-0.2, -0.15) is 5.10 Å². The largest absolute Gasteiger partial charge is 0.374 e. The molecular formula is C17H20N4O3. The van der Waals surface area contributed by atoms with Crippen LogP contribution in [-0.4, -0.2) is 57.4 Å². The molecule has 2 aromatic rings. The number of hydrogen-bond donors (Lipinski definition) is 1. The van der Waals surface area contributed by atoms with Crippen molar-refractivity contribution in [2.24, 2.45) is 0 Å². The molecule has 2 fully saturated rings. The molecule has 3 atom stereocenters. The van der Waals surface area contributed by atoms with E-state index in [2.05, 4.69) is 15.2 Å². The van der Waals surface area contributed by atoms with Gasteiger partial charge in [-0.25, -0.2) is 0 Å². The molecule has 2 aliphatic rings. The Labute approximate surface area is 140 Å². The third-order valence-corrected chi connectivity index (χ3v) is 4.71. The van der Waals surface area contributed by atoms with E-state index in [0.29, 0.717) is 25.5 Å². The highest BCUT2D eigenvalue weighted by Crippen LogP contribution is 2.33. The number of carbonyl (C=O) groups is 1. The molecule has 7 heteroatoms. The smallest absolute Gasteiger partial charge is 0.272 e. The van der Waals surface area contributed by atoms with Crippen LogP contribution in [0.3, 0.4) is 0 Å². The maximum absolute atomic E-state index is 12.8. The second-order valence-electron chi connectivity index (χ2n) is 6.16. The van der Waals surface area contributed by atoms with Gasteiger partial charge in [0.15, 0.2) is 0 Å². The minimum absolute atomic E-state index is 0.0324. The molecule has 0 spiro atoms. The predicted octanol–water partition coefficient (Wildman–Crippen LogP) is 1.39. The Bertz CT molecular complexity index is 676. The van der Waals surface area contributed by atoms with Crippen molar-refractivity contribution >= 4 is 5.91 Å². The number of carbonyl (C=O) groups excluding carboxylic acids is 1. The number of H-pyrrole nitrogens is 1. The quantitative estimate of drug-likeness (QED) is 0.917. The summed E-state index contributed by atoms with van der Waals surface area (Å²) in [5, 5.41) is 6.63.